The Hall–Kier alpha value is -2.67. The summed E-state index contributed by atoms with van der Waals surface area (Å²) in [5, 5.41) is 0.956. The third kappa shape index (κ3) is 3.48. The molecule has 0 aliphatic carbocycles. The second-order valence-corrected chi connectivity index (χ2v) is 7.52. The maximum absolute atomic E-state index is 6.00. The molecule has 7 heteroatoms. The summed E-state index contributed by atoms with van der Waals surface area (Å²) in [6.45, 7) is 2.93. The Kier molecular flexibility index (Phi) is 4.71. The van der Waals surface area contributed by atoms with Crippen LogP contribution in [0.1, 0.15) is 30.0 Å². The first kappa shape index (κ1) is 16.8. The van der Waals surface area contributed by atoms with Crippen LogP contribution in [0, 0.1) is 0 Å². The van der Waals surface area contributed by atoms with E-state index in [4.69, 9.17) is 10.7 Å². The van der Waals surface area contributed by atoms with Crippen LogP contribution in [0.3, 0.4) is 0 Å². The average Bonchev–Trinajstić information content (AvgIpc) is 2.68. The van der Waals surface area contributed by atoms with Crippen LogP contribution in [0.15, 0.2) is 53.7 Å². The number of nitrogens with zero attached hydrogens (tertiary/aromatic N) is 5. The summed E-state index contributed by atoms with van der Waals surface area (Å²) in [4.78, 5) is 20.0. The summed E-state index contributed by atoms with van der Waals surface area (Å²) in [5.41, 5.74) is 8.47. The highest BCUT2D eigenvalue weighted by molar-refractivity contribution is 7.99. The van der Waals surface area contributed by atoms with Gasteiger partial charge < -0.3 is 10.6 Å². The van der Waals surface area contributed by atoms with E-state index in [1.54, 1.807) is 18.0 Å². The Morgan fingerprint density at radius 3 is 2.77 bits per heavy atom. The van der Waals surface area contributed by atoms with E-state index in [2.05, 4.69) is 45.0 Å². The maximum Gasteiger partial charge on any atom is 0.235 e. The third-order valence-corrected chi connectivity index (χ3v) is 5.36. The number of rotatable bonds is 4. The fourth-order valence-electron chi connectivity index (χ4n) is 3.09. The van der Waals surface area contributed by atoms with Crippen LogP contribution < -0.4 is 10.6 Å². The van der Waals surface area contributed by atoms with E-state index in [1.807, 2.05) is 24.3 Å². The first-order chi connectivity index (χ1) is 12.7. The van der Waals surface area contributed by atoms with Crippen LogP contribution in [0.25, 0.3) is 0 Å². The Bertz CT molecular complexity index is 902. The van der Waals surface area contributed by atoms with Crippen molar-refractivity contribution in [3.8, 4) is 0 Å². The van der Waals surface area contributed by atoms with E-state index in [1.165, 1.54) is 5.56 Å². The smallest absolute Gasteiger partial charge is 0.235 e. The second-order valence-electron chi connectivity index (χ2n) is 6.16. The molecule has 3 aromatic rings. The molecule has 1 aromatic carbocycles. The Labute approximate surface area is 156 Å². The zero-order valence-electron chi connectivity index (χ0n) is 14.5. The number of hydrogen-bond donors (Lipinski definition) is 1. The summed E-state index contributed by atoms with van der Waals surface area (Å²) < 4.78 is 0. The van der Waals surface area contributed by atoms with Gasteiger partial charge >= 0.3 is 0 Å². The number of aromatic nitrogens is 4. The van der Waals surface area contributed by atoms with Crippen molar-refractivity contribution in [2.24, 2.45) is 0 Å². The molecule has 0 unspecified atom stereocenters. The number of thioether (sulfide) groups is 1. The zero-order chi connectivity index (χ0) is 17.9. The summed E-state index contributed by atoms with van der Waals surface area (Å²) in [6, 6.07) is 14.2. The number of anilines is 3. The molecule has 0 saturated carbocycles. The van der Waals surface area contributed by atoms with E-state index in [0.29, 0.717) is 11.8 Å². The lowest BCUT2D eigenvalue weighted by Gasteiger charge is -2.29. The van der Waals surface area contributed by atoms with Gasteiger partial charge in [-0.3, -0.25) is 0 Å². The van der Waals surface area contributed by atoms with Crippen LogP contribution in [0.4, 0.5) is 17.6 Å². The van der Waals surface area contributed by atoms with Gasteiger partial charge in [0.1, 0.15) is 5.82 Å². The van der Waals surface area contributed by atoms with Crippen molar-refractivity contribution in [2.75, 3.05) is 17.2 Å². The minimum absolute atomic E-state index is 0.0222. The molecule has 0 spiro atoms. The van der Waals surface area contributed by atoms with Crippen molar-refractivity contribution < 1.29 is 0 Å². The number of para-hydroxylation sites is 1. The van der Waals surface area contributed by atoms with E-state index in [-0.39, 0.29) is 11.2 Å². The molecule has 1 aliphatic heterocycles. The molecule has 0 radical (unpaired) electrons. The molecular formula is C19H20N6S. The number of fused-ring (bicyclic) bond motifs is 1. The van der Waals surface area contributed by atoms with Crippen molar-refractivity contribution in [3.05, 3.63) is 60.0 Å². The molecule has 26 heavy (non-hydrogen) atoms. The van der Waals surface area contributed by atoms with E-state index in [9.17, 15) is 0 Å². The Morgan fingerprint density at radius 2 is 1.92 bits per heavy atom. The van der Waals surface area contributed by atoms with Gasteiger partial charge in [0, 0.05) is 18.4 Å². The molecule has 0 bridgehead atoms. The van der Waals surface area contributed by atoms with Crippen molar-refractivity contribution in [2.45, 2.75) is 30.0 Å². The van der Waals surface area contributed by atoms with Gasteiger partial charge in [0.25, 0.3) is 0 Å². The fourth-order valence-corrected chi connectivity index (χ4v) is 3.94. The molecule has 2 aromatic heterocycles. The van der Waals surface area contributed by atoms with Gasteiger partial charge in [-0.15, -0.1) is 0 Å². The number of nitrogens with two attached hydrogens (primary N) is 1. The molecule has 3 heterocycles. The molecule has 0 amide bonds. The number of pyridine rings is 1. The number of hydrogen-bond acceptors (Lipinski definition) is 7. The number of aryl methyl sites for hydroxylation is 1. The summed E-state index contributed by atoms with van der Waals surface area (Å²) in [7, 11) is 0. The lowest BCUT2D eigenvalue weighted by atomic mass is 10.0. The Balaban J connectivity index is 1.65. The molecule has 132 valence electrons. The van der Waals surface area contributed by atoms with Gasteiger partial charge in [-0.2, -0.15) is 15.0 Å². The minimum atomic E-state index is 0.0222. The van der Waals surface area contributed by atoms with Gasteiger partial charge in [-0.05, 0) is 43.5 Å². The van der Waals surface area contributed by atoms with Crippen LogP contribution >= 0.6 is 11.8 Å². The number of nitrogen functional groups attached to an aromatic ring is 1. The van der Waals surface area contributed by atoms with Crippen LogP contribution in [-0.4, -0.2) is 26.5 Å². The summed E-state index contributed by atoms with van der Waals surface area (Å²) in [6.07, 6.45) is 3.93. The highest BCUT2D eigenvalue weighted by atomic mass is 32.2. The fraction of sp³-hybridized carbons (Fsp3) is 0.263. The highest BCUT2D eigenvalue weighted by Gasteiger charge is 2.22. The molecule has 0 fully saturated rings. The van der Waals surface area contributed by atoms with Gasteiger partial charge in [0.15, 0.2) is 0 Å². The van der Waals surface area contributed by atoms with E-state index in [0.717, 1.165) is 30.1 Å². The van der Waals surface area contributed by atoms with Crippen LogP contribution in [0.2, 0.25) is 0 Å². The Morgan fingerprint density at radius 1 is 1.08 bits per heavy atom. The lowest BCUT2D eigenvalue weighted by molar-refractivity contribution is 0.741. The lowest BCUT2D eigenvalue weighted by Crippen LogP contribution is -2.27. The predicted molar refractivity (Wildman–Crippen MR) is 105 cm³/mol. The topological polar surface area (TPSA) is 80.8 Å². The van der Waals surface area contributed by atoms with Gasteiger partial charge in [-0.1, -0.05) is 36.0 Å². The minimum Gasteiger partial charge on any atom is -0.368 e. The molecular weight excluding hydrogens is 344 g/mol. The predicted octanol–water partition coefficient (Wildman–Crippen LogP) is 3.79. The maximum atomic E-state index is 6.00. The third-order valence-electron chi connectivity index (χ3n) is 4.31. The molecule has 1 atom stereocenters. The largest absolute Gasteiger partial charge is 0.368 e. The number of benzene rings is 1. The van der Waals surface area contributed by atoms with Crippen molar-refractivity contribution in [1.82, 2.24) is 19.9 Å². The van der Waals surface area contributed by atoms with Crippen LogP contribution in [-0.2, 0) is 6.42 Å². The zero-order valence-corrected chi connectivity index (χ0v) is 15.4. The molecule has 2 N–H and O–H groups in total. The quantitative estimate of drug-likeness (QED) is 0.705. The first-order valence-corrected chi connectivity index (χ1v) is 9.53. The van der Waals surface area contributed by atoms with E-state index >= 15 is 0 Å². The van der Waals surface area contributed by atoms with Crippen molar-refractivity contribution in [1.29, 1.82) is 0 Å². The van der Waals surface area contributed by atoms with Gasteiger partial charge in [-0.25, -0.2) is 4.98 Å². The molecule has 0 saturated heterocycles. The monoisotopic (exact) mass is 364 g/mol. The standard InChI is InChI=1S/C19H20N6S/c1-13(26-16-10-4-5-11-21-16)17-22-18(20)24-19(23-17)25-12-6-8-14-7-2-3-9-15(14)25/h2-5,7,9-11,13H,6,8,12H2,1H3,(H2,20,22,23,24)/t13-/m1/s1. The van der Waals surface area contributed by atoms with Gasteiger partial charge in [0.2, 0.25) is 11.9 Å². The second kappa shape index (κ2) is 7.29. The first-order valence-electron chi connectivity index (χ1n) is 8.65. The molecule has 6 nitrogen and oxygen atoms in total. The summed E-state index contributed by atoms with van der Waals surface area (Å²) in [5.74, 6) is 1.54. The van der Waals surface area contributed by atoms with E-state index < -0.39 is 0 Å². The SMILES string of the molecule is C[C@@H](Sc1ccccn1)c1nc(N)nc(N2CCCc3ccccc32)n1. The van der Waals surface area contributed by atoms with Gasteiger partial charge in [0.05, 0.1) is 10.3 Å². The normalized spacial score (nSPS) is 14.7. The summed E-state index contributed by atoms with van der Waals surface area (Å²) >= 11 is 1.61. The van der Waals surface area contributed by atoms with Crippen LogP contribution in [0.5, 0.6) is 0 Å². The van der Waals surface area contributed by atoms with Crippen molar-refractivity contribution >= 4 is 29.3 Å². The molecule has 4 rings (SSSR count). The van der Waals surface area contributed by atoms with Crippen molar-refractivity contribution in [3.63, 3.8) is 0 Å². The molecule has 1 aliphatic rings. The highest BCUT2D eigenvalue weighted by Crippen LogP contribution is 2.35. The average molecular weight is 364 g/mol.